The second-order valence-electron chi connectivity index (χ2n) is 8.24. The molecule has 2 fully saturated rings. The van der Waals surface area contributed by atoms with Gasteiger partial charge in [0, 0.05) is 12.5 Å². The van der Waals surface area contributed by atoms with Crippen molar-refractivity contribution in [1.29, 1.82) is 0 Å². The lowest BCUT2D eigenvalue weighted by molar-refractivity contribution is -0.139. The first-order valence-electron chi connectivity index (χ1n) is 10.7. The van der Waals surface area contributed by atoms with Crippen molar-refractivity contribution in [2.45, 2.75) is 50.8 Å². The quantitative estimate of drug-likeness (QED) is 0.356. The third kappa shape index (κ3) is 6.79. The summed E-state index contributed by atoms with van der Waals surface area (Å²) in [6, 6.07) is 6.92. The van der Waals surface area contributed by atoms with E-state index in [1.807, 2.05) is 18.2 Å². The molecule has 5 N–H and O–H groups in total. The van der Waals surface area contributed by atoms with Crippen LogP contribution in [0.1, 0.15) is 37.7 Å². The van der Waals surface area contributed by atoms with E-state index in [1.54, 1.807) is 12.1 Å². The highest BCUT2D eigenvalue weighted by Gasteiger charge is 2.36. The molecule has 1 aliphatic heterocycles. The van der Waals surface area contributed by atoms with Gasteiger partial charge in [-0.05, 0) is 30.7 Å². The van der Waals surface area contributed by atoms with Gasteiger partial charge in [-0.15, -0.1) is 0 Å². The van der Waals surface area contributed by atoms with Crippen molar-refractivity contribution in [2.75, 3.05) is 6.54 Å². The van der Waals surface area contributed by atoms with Crippen LogP contribution in [0.4, 0.5) is 4.79 Å². The predicted molar refractivity (Wildman–Crippen MR) is 113 cm³/mol. The number of hydrogen-bond donors (Lipinski definition) is 4. The minimum absolute atomic E-state index is 0.0338. The lowest BCUT2D eigenvalue weighted by Crippen LogP contribution is -2.54. The number of primary amides is 1. The first kappa shape index (κ1) is 23.2. The normalized spacial score (nSPS) is 19.4. The van der Waals surface area contributed by atoms with Crippen molar-refractivity contribution < 1.29 is 28.7 Å². The molecule has 2 aliphatic rings. The Hall–Kier alpha value is -3.43. The molecule has 0 radical (unpaired) electrons. The van der Waals surface area contributed by atoms with E-state index >= 15 is 0 Å². The van der Waals surface area contributed by atoms with Crippen LogP contribution >= 0.6 is 0 Å². The van der Waals surface area contributed by atoms with Gasteiger partial charge in [-0.1, -0.05) is 43.2 Å². The fraction of sp³-hybridized carbons (Fsp3) is 0.500. The largest absolute Gasteiger partial charge is 0.445 e. The highest BCUT2D eigenvalue weighted by molar-refractivity contribution is 6.37. The number of carbonyl (C=O) groups excluding carboxylic acids is 5. The number of ketones is 1. The molecule has 0 bridgehead atoms. The number of Topliss-reactive ketones (excluding diaryl/α,β-unsaturated/α-hetero) is 1. The van der Waals surface area contributed by atoms with Crippen molar-refractivity contribution in [2.24, 2.45) is 17.6 Å². The summed E-state index contributed by atoms with van der Waals surface area (Å²) < 4.78 is 5.20. The summed E-state index contributed by atoms with van der Waals surface area (Å²) in [5, 5.41) is 7.73. The van der Waals surface area contributed by atoms with Gasteiger partial charge in [0.2, 0.25) is 17.6 Å². The van der Waals surface area contributed by atoms with Crippen LogP contribution in [0.3, 0.4) is 0 Å². The van der Waals surface area contributed by atoms with Crippen LogP contribution in [-0.4, -0.2) is 48.2 Å². The number of carbonyl (C=O) groups is 5. The Morgan fingerprint density at radius 2 is 1.75 bits per heavy atom. The summed E-state index contributed by atoms with van der Waals surface area (Å²) in [5.74, 6) is -3.25. The number of hydrogen-bond acceptors (Lipinski definition) is 6. The van der Waals surface area contributed by atoms with Gasteiger partial charge in [-0.25, -0.2) is 4.79 Å². The second kappa shape index (κ2) is 10.7. The molecule has 2 unspecified atom stereocenters. The van der Waals surface area contributed by atoms with Gasteiger partial charge < -0.3 is 26.4 Å². The standard InChI is InChI=1S/C22H28N4O6/c23-19(28)18(27)16(11-15-8-9-24-20(15)29)25-21(30)17(10-13-6-7-13)26-22(31)32-12-14-4-2-1-3-5-14/h1-5,13,15-17H,6-12H2,(H2,23,28)(H,24,29)(H,25,30)(H,26,31)/t15?,16?,17-/m0/s1. The molecule has 4 amide bonds. The van der Waals surface area contributed by atoms with E-state index < -0.39 is 41.7 Å². The molecular formula is C22H28N4O6. The molecule has 3 rings (SSSR count). The van der Waals surface area contributed by atoms with Gasteiger partial charge in [-0.2, -0.15) is 0 Å². The first-order chi connectivity index (χ1) is 15.3. The SMILES string of the molecule is NC(=O)C(=O)C(CC1CCNC1=O)NC(=O)[C@H](CC1CC1)NC(=O)OCc1ccccc1. The van der Waals surface area contributed by atoms with E-state index in [4.69, 9.17) is 10.5 Å². The van der Waals surface area contributed by atoms with Crippen molar-refractivity contribution in [1.82, 2.24) is 16.0 Å². The van der Waals surface area contributed by atoms with Gasteiger partial charge in [0.05, 0.1) is 6.04 Å². The van der Waals surface area contributed by atoms with Crippen molar-refractivity contribution in [3.05, 3.63) is 35.9 Å². The molecule has 10 heteroatoms. The Labute approximate surface area is 185 Å². The zero-order valence-electron chi connectivity index (χ0n) is 17.7. The molecule has 1 aromatic carbocycles. The number of benzene rings is 1. The van der Waals surface area contributed by atoms with Crippen LogP contribution in [-0.2, 0) is 30.5 Å². The molecule has 1 heterocycles. The number of rotatable bonds is 11. The smallest absolute Gasteiger partial charge is 0.408 e. The lowest BCUT2D eigenvalue weighted by atomic mass is 9.95. The van der Waals surface area contributed by atoms with Crippen LogP contribution in [0.5, 0.6) is 0 Å². The molecule has 0 spiro atoms. The predicted octanol–water partition coefficient (Wildman–Crippen LogP) is 0.147. The van der Waals surface area contributed by atoms with Gasteiger partial charge >= 0.3 is 6.09 Å². The number of ether oxygens (including phenoxy) is 1. The maximum atomic E-state index is 12.9. The molecule has 3 atom stereocenters. The van der Waals surface area contributed by atoms with Crippen LogP contribution in [0, 0.1) is 11.8 Å². The van der Waals surface area contributed by atoms with E-state index in [1.165, 1.54) is 0 Å². The number of nitrogens with one attached hydrogen (secondary N) is 3. The maximum absolute atomic E-state index is 12.9. The molecule has 1 saturated carbocycles. The number of nitrogens with two attached hydrogens (primary N) is 1. The lowest BCUT2D eigenvalue weighted by Gasteiger charge is -2.23. The van der Waals surface area contributed by atoms with E-state index in [2.05, 4.69) is 16.0 Å². The van der Waals surface area contributed by atoms with E-state index in [9.17, 15) is 24.0 Å². The van der Waals surface area contributed by atoms with E-state index in [-0.39, 0.29) is 24.9 Å². The molecule has 1 aliphatic carbocycles. The summed E-state index contributed by atoms with van der Waals surface area (Å²) in [6.07, 6.45) is 1.96. The summed E-state index contributed by atoms with van der Waals surface area (Å²) >= 11 is 0. The van der Waals surface area contributed by atoms with E-state index in [0.717, 1.165) is 18.4 Å². The van der Waals surface area contributed by atoms with Gasteiger partial charge in [-0.3, -0.25) is 19.2 Å². The summed E-state index contributed by atoms with van der Waals surface area (Å²) in [7, 11) is 0. The average molecular weight is 444 g/mol. The topological polar surface area (TPSA) is 157 Å². The highest BCUT2D eigenvalue weighted by Crippen LogP contribution is 2.33. The van der Waals surface area contributed by atoms with Gasteiger partial charge in [0.1, 0.15) is 12.6 Å². The van der Waals surface area contributed by atoms with E-state index in [0.29, 0.717) is 19.4 Å². The molecule has 0 aromatic heterocycles. The number of alkyl carbamates (subject to hydrolysis) is 1. The maximum Gasteiger partial charge on any atom is 0.408 e. The Bertz CT molecular complexity index is 870. The zero-order valence-corrected chi connectivity index (χ0v) is 17.7. The number of amides is 4. The average Bonchev–Trinajstić information content (AvgIpc) is 3.51. The fourth-order valence-corrected chi connectivity index (χ4v) is 3.66. The molecule has 172 valence electrons. The minimum atomic E-state index is -1.24. The molecule has 10 nitrogen and oxygen atoms in total. The Morgan fingerprint density at radius 1 is 1.03 bits per heavy atom. The van der Waals surface area contributed by atoms with Crippen LogP contribution < -0.4 is 21.7 Å². The van der Waals surface area contributed by atoms with Crippen LogP contribution in [0.2, 0.25) is 0 Å². The van der Waals surface area contributed by atoms with Crippen molar-refractivity contribution in [3.63, 3.8) is 0 Å². The Morgan fingerprint density at radius 3 is 2.34 bits per heavy atom. The van der Waals surface area contributed by atoms with Gasteiger partial charge in [0.15, 0.2) is 0 Å². The second-order valence-corrected chi connectivity index (χ2v) is 8.24. The molecular weight excluding hydrogens is 416 g/mol. The van der Waals surface area contributed by atoms with Crippen LogP contribution in [0.25, 0.3) is 0 Å². The highest BCUT2D eigenvalue weighted by atomic mass is 16.5. The van der Waals surface area contributed by atoms with Crippen molar-refractivity contribution >= 4 is 29.6 Å². The third-order valence-corrected chi connectivity index (χ3v) is 5.65. The van der Waals surface area contributed by atoms with Crippen molar-refractivity contribution in [3.8, 4) is 0 Å². The molecule has 1 aromatic rings. The van der Waals surface area contributed by atoms with Crippen LogP contribution in [0.15, 0.2) is 30.3 Å². The summed E-state index contributed by atoms with van der Waals surface area (Å²) in [5.41, 5.74) is 5.93. The first-order valence-corrected chi connectivity index (χ1v) is 10.7. The Kier molecular flexibility index (Phi) is 7.80. The monoisotopic (exact) mass is 444 g/mol. The summed E-state index contributed by atoms with van der Waals surface area (Å²) in [4.78, 5) is 60.8. The fourth-order valence-electron chi connectivity index (χ4n) is 3.66. The summed E-state index contributed by atoms with van der Waals surface area (Å²) in [6.45, 7) is 0.512. The zero-order chi connectivity index (χ0) is 23.1. The Balaban J connectivity index is 1.61. The molecule has 32 heavy (non-hydrogen) atoms. The molecule has 1 saturated heterocycles. The minimum Gasteiger partial charge on any atom is -0.445 e. The third-order valence-electron chi connectivity index (χ3n) is 5.65. The van der Waals surface area contributed by atoms with Gasteiger partial charge in [0.25, 0.3) is 5.91 Å².